The van der Waals surface area contributed by atoms with Crippen molar-refractivity contribution in [3.8, 4) is 17.2 Å². The third-order valence-corrected chi connectivity index (χ3v) is 10.8. The Morgan fingerprint density at radius 1 is 1.10 bits per heavy atom. The minimum Gasteiger partial charge on any atom is -0.497 e. The van der Waals surface area contributed by atoms with Crippen LogP contribution in [0.25, 0.3) is 0 Å². The lowest BCUT2D eigenvalue weighted by atomic mass is 9.38. The van der Waals surface area contributed by atoms with E-state index in [4.69, 9.17) is 28.4 Å². The monoisotopic (exact) mass is 572 g/mol. The molecule has 5 unspecified atom stereocenters. The van der Waals surface area contributed by atoms with Crippen LogP contribution < -0.4 is 14.2 Å². The lowest BCUT2D eigenvalue weighted by molar-refractivity contribution is -0.279. The van der Waals surface area contributed by atoms with Gasteiger partial charge in [-0.15, -0.1) is 0 Å². The van der Waals surface area contributed by atoms with Crippen molar-refractivity contribution in [2.75, 3.05) is 21.0 Å². The van der Waals surface area contributed by atoms with Crippen molar-refractivity contribution in [1.82, 2.24) is 0 Å². The Bertz CT molecular complexity index is 1370. The van der Waals surface area contributed by atoms with Gasteiger partial charge in [0.2, 0.25) is 12.5 Å². The van der Waals surface area contributed by atoms with Gasteiger partial charge in [0.15, 0.2) is 23.4 Å². The zero-order valence-corrected chi connectivity index (χ0v) is 24.0. The number of hydrogen-bond acceptors (Lipinski definition) is 11. The van der Waals surface area contributed by atoms with Crippen LogP contribution in [0.15, 0.2) is 23.5 Å². The number of carbonyl (C=O) groups is 3. The van der Waals surface area contributed by atoms with Gasteiger partial charge in [-0.3, -0.25) is 9.59 Å². The molecule has 11 heteroatoms. The van der Waals surface area contributed by atoms with Crippen LogP contribution in [0.5, 0.6) is 17.2 Å². The molecule has 0 bridgehead atoms. The minimum absolute atomic E-state index is 0.0237. The summed E-state index contributed by atoms with van der Waals surface area (Å²) in [4.78, 5) is 40.7. The summed E-state index contributed by atoms with van der Waals surface area (Å²) in [5.74, 6) is -1.86. The van der Waals surface area contributed by atoms with Crippen LogP contribution in [0.3, 0.4) is 0 Å². The number of aliphatic hydroxyl groups excluding tert-OH is 1. The van der Waals surface area contributed by atoms with E-state index in [0.29, 0.717) is 29.2 Å². The zero-order valence-electron chi connectivity index (χ0n) is 24.0. The van der Waals surface area contributed by atoms with E-state index in [1.165, 1.54) is 26.4 Å². The Hall–Kier alpha value is -3.31. The molecule has 3 fully saturated rings. The molecule has 2 saturated carbocycles. The highest BCUT2D eigenvalue weighted by Gasteiger charge is 2.77. The van der Waals surface area contributed by atoms with Crippen molar-refractivity contribution in [3.05, 3.63) is 29.0 Å². The van der Waals surface area contributed by atoms with Gasteiger partial charge in [0.1, 0.15) is 23.6 Å². The average molecular weight is 573 g/mol. The van der Waals surface area contributed by atoms with E-state index in [1.54, 1.807) is 20.8 Å². The quantitative estimate of drug-likeness (QED) is 0.513. The van der Waals surface area contributed by atoms with Gasteiger partial charge in [0, 0.05) is 22.3 Å². The standard InChI is InChI=1S/C30H36O11/c1-13-7-17(31)26(33)28(3)16(13)10-20-29(4)25(28)24(22(37-6)14(2)30(29,35)11-21(32)40-20)41-27(34)15-8-18(36-5)23-19(9-15)38-12-39-23/h8-9,13,16-17,20,24-25,31,35H,7,10-12H2,1-6H3/t13?,16?,17?,20-,24?,25?,28+,29-,30-/m1/s1. The SMILES string of the molecule is COC1=C(C)[C@]2(O)CC(=O)O[C@@H]3CC4C(C)CC(O)C(=O)[C@]4(C)C(C1OC(=O)c1cc(OC)c4c(c1)OCO4)[C@@]32C. The molecule has 2 aliphatic heterocycles. The number of carbonyl (C=O) groups excluding carboxylic acids is 3. The number of esters is 2. The number of Topliss-reactive ketones (excluding diaryl/α,β-unsaturated/α-hetero) is 1. The molecule has 3 aliphatic carbocycles. The first-order valence-corrected chi connectivity index (χ1v) is 13.9. The van der Waals surface area contributed by atoms with Gasteiger partial charge < -0.3 is 38.6 Å². The number of hydrogen-bond donors (Lipinski definition) is 2. The van der Waals surface area contributed by atoms with Crippen molar-refractivity contribution >= 4 is 17.7 Å². The van der Waals surface area contributed by atoms with Gasteiger partial charge in [-0.2, -0.15) is 0 Å². The van der Waals surface area contributed by atoms with E-state index in [-0.39, 0.29) is 48.6 Å². The summed E-state index contributed by atoms with van der Waals surface area (Å²) in [6.45, 7) is 7.15. The maximum atomic E-state index is 14.0. The molecule has 0 aromatic heterocycles. The van der Waals surface area contributed by atoms with Gasteiger partial charge in [-0.1, -0.05) is 20.8 Å². The summed E-state index contributed by atoms with van der Waals surface area (Å²) in [5.41, 5.74) is -3.78. The van der Waals surface area contributed by atoms with E-state index >= 15 is 0 Å². The number of ketones is 1. The molecule has 0 spiro atoms. The normalized spacial score (nSPS) is 40.8. The van der Waals surface area contributed by atoms with Crippen LogP contribution in [0.4, 0.5) is 0 Å². The largest absolute Gasteiger partial charge is 0.497 e. The molecule has 5 aliphatic rings. The Labute approximate surface area is 237 Å². The summed E-state index contributed by atoms with van der Waals surface area (Å²) >= 11 is 0. The minimum atomic E-state index is -1.74. The fourth-order valence-electron chi connectivity index (χ4n) is 8.77. The van der Waals surface area contributed by atoms with Crippen LogP contribution in [0.1, 0.15) is 57.3 Å². The van der Waals surface area contributed by atoms with Gasteiger partial charge in [0.25, 0.3) is 0 Å². The van der Waals surface area contributed by atoms with Crippen molar-refractivity contribution in [2.45, 2.75) is 70.9 Å². The average Bonchev–Trinajstić information content (AvgIpc) is 3.40. The first kappa shape index (κ1) is 27.8. The molecular formula is C30H36O11. The van der Waals surface area contributed by atoms with E-state index < -0.39 is 52.6 Å². The predicted octanol–water partition coefficient (Wildman–Crippen LogP) is 2.55. The van der Waals surface area contributed by atoms with Gasteiger partial charge in [0.05, 0.1) is 26.2 Å². The van der Waals surface area contributed by atoms with E-state index in [2.05, 4.69) is 0 Å². The van der Waals surface area contributed by atoms with Crippen LogP contribution in [-0.2, 0) is 23.8 Å². The fraction of sp³-hybridized carbons (Fsp3) is 0.633. The predicted molar refractivity (Wildman–Crippen MR) is 140 cm³/mol. The lowest BCUT2D eigenvalue weighted by Gasteiger charge is -2.69. The van der Waals surface area contributed by atoms with Crippen molar-refractivity contribution in [3.63, 3.8) is 0 Å². The number of methoxy groups -OCH3 is 2. The van der Waals surface area contributed by atoms with Gasteiger partial charge in [-0.05, 0) is 43.7 Å². The number of fused-ring (bicyclic) bond motifs is 3. The summed E-state index contributed by atoms with van der Waals surface area (Å²) < 4.78 is 34.3. The lowest BCUT2D eigenvalue weighted by Crippen LogP contribution is -2.76. The molecule has 9 atom stereocenters. The Morgan fingerprint density at radius 3 is 2.51 bits per heavy atom. The third-order valence-electron chi connectivity index (χ3n) is 10.8. The highest BCUT2D eigenvalue weighted by atomic mass is 16.7. The second-order valence-corrected chi connectivity index (χ2v) is 12.4. The summed E-state index contributed by atoms with van der Waals surface area (Å²) in [6.07, 6.45) is -2.89. The van der Waals surface area contributed by atoms with Crippen LogP contribution in [0, 0.1) is 28.6 Å². The molecule has 1 aromatic carbocycles. The first-order valence-electron chi connectivity index (χ1n) is 13.9. The zero-order chi connectivity index (χ0) is 29.6. The molecule has 0 amide bonds. The van der Waals surface area contributed by atoms with Crippen molar-refractivity contribution in [2.24, 2.45) is 28.6 Å². The highest BCUT2D eigenvalue weighted by molar-refractivity contribution is 5.93. The molecule has 0 radical (unpaired) electrons. The molecule has 1 saturated heterocycles. The number of ether oxygens (including phenoxy) is 6. The number of rotatable bonds is 4. The molecular weight excluding hydrogens is 536 g/mol. The maximum absolute atomic E-state index is 14.0. The maximum Gasteiger partial charge on any atom is 0.339 e. The summed E-state index contributed by atoms with van der Waals surface area (Å²) in [7, 11) is 2.84. The first-order chi connectivity index (χ1) is 19.3. The summed E-state index contributed by atoms with van der Waals surface area (Å²) in [5, 5.41) is 23.3. The van der Waals surface area contributed by atoms with Crippen molar-refractivity contribution < 1.29 is 53.0 Å². The van der Waals surface area contributed by atoms with Crippen molar-refractivity contribution in [1.29, 1.82) is 0 Å². The van der Waals surface area contributed by atoms with E-state index in [1.807, 2.05) is 6.92 Å². The Kier molecular flexibility index (Phi) is 6.17. The topological polar surface area (TPSA) is 147 Å². The van der Waals surface area contributed by atoms with Crippen LogP contribution in [-0.4, -0.2) is 72.9 Å². The molecule has 11 nitrogen and oxygen atoms in total. The Balaban J connectivity index is 1.54. The van der Waals surface area contributed by atoms with E-state index in [0.717, 1.165) is 0 Å². The number of benzene rings is 1. The second kappa shape index (κ2) is 9.09. The number of aliphatic hydroxyl groups is 2. The highest BCUT2D eigenvalue weighted by Crippen LogP contribution is 2.69. The fourth-order valence-corrected chi connectivity index (χ4v) is 8.77. The molecule has 41 heavy (non-hydrogen) atoms. The third kappa shape index (κ3) is 3.48. The second-order valence-electron chi connectivity index (χ2n) is 12.4. The summed E-state index contributed by atoms with van der Waals surface area (Å²) in [6, 6.07) is 2.97. The van der Waals surface area contributed by atoms with Crippen LogP contribution in [0.2, 0.25) is 0 Å². The smallest absolute Gasteiger partial charge is 0.339 e. The van der Waals surface area contributed by atoms with Gasteiger partial charge >= 0.3 is 11.9 Å². The molecule has 1 aromatic rings. The molecule has 6 rings (SSSR count). The van der Waals surface area contributed by atoms with E-state index in [9.17, 15) is 24.6 Å². The van der Waals surface area contributed by atoms with Crippen LogP contribution >= 0.6 is 0 Å². The molecule has 2 N–H and O–H groups in total. The Morgan fingerprint density at radius 2 is 1.83 bits per heavy atom. The van der Waals surface area contributed by atoms with Gasteiger partial charge in [-0.25, -0.2) is 4.79 Å². The molecule has 2 heterocycles. The molecule has 222 valence electrons.